The molecule has 0 bridgehead atoms. The summed E-state index contributed by atoms with van der Waals surface area (Å²) in [5, 5.41) is 14.2. The van der Waals surface area contributed by atoms with Crippen molar-refractivity contribution in [1.82, 2.24) is 15.1 Å². The Morgan fingerprint density at radius 3 is 2.39 bits per heavy atom. The van der Waals surface area contributed by atoms with Gasteiger partial charge >= 0.3 is 12.1 Å². The highest BCUT2D eigenvalue weighted by Crippen LogP contribution is 2.25. The Bertz CT molecular complexity index is 599. The molecule has 2 N–H and O–H groups in total. The van der Waals surface area contributed by atoms with Crippen molar-refractivity contribution in [2.75, 3.05) is 0 Å². The number of hydrogen-bond donors (Lipinski definition) is 2. The zero-order chi connectivity index (χ0) is 17.9. The lowest BCUT2D eigenvalue weighted by atomic mass is 10.1. The Labute approximate surface area is 135 Å². The van der Waals surface area contributed by atoms with Gasteiger partial charge in [0.15, 0.2) is 0 Å². The molecule has 1 amide bonds. The largest absolute Gasteiger partial charge is 0.481 e. The number of amides is 1. The molecule has 0 fully saturated rings. The van der Waals surface area contributed by atoms with Crippen molar-refractivity contribution in [3.63, 3.8) is 0 Å². The van der Waals surface area contributed by atoms with Gasteiger partial charge in [-0.3, -0.25) is 14.3 Å². The highest BCUT2D eigenvalue weighted by atomic mass is 35.5. The molecule has 0 aliphatic rings. The summed E-state index contributed by atoms with van der Waals surface area (Å²) < 4.78 is 39.7. The fraction of sp³-hybridized carbons (Fsp3) is 0.615. The van der Waals surface area contributed by atoms with E-state index >= 15 is 0 Å². The van der Waals surface area contributed by atoms with Crippen LogP contribution < -0.4 is 5.32 Å². The Morgan fingerprint density at radius 2 is 1.96 bits per heavy atom. The molecule has 1 heterocycles. The Balaban J connectivity index is 3.04. The highest BCUT2D eigenvalue weighted by Gasteiger charge is 2.42. The van der Waals surface area contributed by atoms with Crippen molar-refractivity contribution in [2.24, 2.45) is 5.92 Å². The maximum Gasteiger partial charge on any atom is 0.409 e. The normalized spacial score (nSPS) is 13.2. The van der Waals surface area contributed by atoms with Crippen molar-refractivity contribution in [2.45, 2.75) is 46.0 Å². The maximum absolute atomic E-state index is 12.8. The molecule has 0 saturated heterocycles. The number of carboxylic acids is 1. The lowest BCUT2D eigenvalue weighted by Crippen LogP contribution is -2.46. The van der Waals surface area contributed by atoms with Crippen LogP contribution in [0.5, 0.6) is 0 Å². The summed E-state index contributed by atoms with van der Waals surface area (Å²) in [6.45, 7) is 5.61. The van der Waals surface area contributed by atoms with Crippen LogP contribution in [0.25, 0.3) is 0 Å². The third-order valence-corrected chi connectivity index (χ3v) is 3.29. The topological polar surface area (TPSA) is 84.2 Å². The predicted molar refractivity (Wildman–Crippen MR) is 76.4 cm³/mol. The summed E-state index contributed by atoms with van der Waals surface area (Å²) >= 11 is 6.01. The van der Waals surface area contributed by atoms with Crippen LogP contribution >= 0.6 is 11.6 Å². The zero-order valence-electron chi connectivity index (χ0n) is 12.7. The molecule has 0 aromatic carbocycles. The molecule has 6 nitrogen and oxygen atoms in total. The number of aryl methyl sites for hydroxylation is 1. The number of carboxylic acid groups (broad SMARTS) is 1. The van der Waals surface area contributed by atoms with Crippen LogP contribution in [0.2, 0.25) is 5.15 Å². The van der Waals surface area contributed by atoms with Gasteiger partial charge in [-0.05, 0) is 12.8 Å². The summed E-state index contributed by atoms with van der Waals surface area (Å²) in [4.78, 5) is 22.6. The van der Waals surface area contributed by atoms with Crippen LogP contribution in [0.1, 0.15) is 36.3 Å². The molecule has 1 aromatic heterocycles. The van der Waals surface area contributed by atoms with E-state index in [-0.39, 0.29) is 22.3 Å². The van der Waals surface area contributed by atoms with Crippen LogP contribution in [-0.4, -0.2) is 39.0 Å². The van der Waals surface area contributed by atoms with Crippen LogP contribution in [0.4, 0.5) is 13.2 Å². The van der Waals surface area contributed by atoms with Gasteiger partial charge in [0.05, 0.1) is 17.7 Å². The zero-order valence-corrected chi connectivity index (χ0v) is 13.5. The standard InChI is InChI=1S/C13H17ClF3N3O3/c1-6(2)5-20-11(14)10(7(3)19-20)12(23)18-8(4-9(21)22)13(15,16)17/h6,8H,4-5H2,1-3H3,(H,18,23)(H,21,22). The summed E-state index contributed by atoms with van der Waals surface area (Å²) in [6.07, 6.45) is -6.16. The van der Waals surface area contributed by atoms with E-state index in [0.29, 0.717) is 6.54 Å². The number of nitrogens with one attached hydrogen (secondary N) is 1. The number of aliphatic carboxylic acids is 1. The molecule has 0 radical (unpaired) electrons. The lowest BCUT2D eigenvalue weighted by Gasteiger charge is -2.19. The second kappa shape index (κ2) is 7.20. The van der Waals surface area contributed by atoms with E-state index in [1.54, 1.807) is 5.32 Å². The number of rotatable bonds is 6. The second-order valence-electron chi connectivity index (χ2n) is 5.49. The van der Waals surface area contributed by atoms with Crippen LogP contribution in [0.3, 0.4) is 0 Å². The minimum atomic E-state index is -4.89. The highest BCUT2D eigenvalue weighted by molar-refractivity contribution is 6.33. The van der Waals surface area contributed by atoms with Crippen molar-refractivity contribution < 1.29 is 27.9 Å². The quantitative estimate of drug-likeness (QED) is 0.821. The first-order valence-electron chi connectivity index (χ1n) is 6.75. The van der Waals surface area contributed by atoms with E-state index in [0.717, 1.165) is 0 Å². The van der Waals surface area contributed by atoms with Crippen molar-refractivity contribution in [1.29, 1.82) is 0 Å². The number of carbonyl (C=O) groups excluding carboxylic acids is 1. The third-order valence-electron chi connectivity index (χ3n) is 2.91. The molecule has 0 aliphatic heterocycles. The Hall–Kier alpha value is -1.77. The van der Waals surface area contributed by atoms with E-state index in [9.17, 15) is 22.8 Å². The molecule has 1 unspecified atom stereocenters. The SMILES string of the molecule is Cc1nn(CC(C)C)c(Cl)c1C(=O)NC(CC(=O)O)C(F)(F)F. The van der Waals surface area contributed by atoms with Gasteiger partial charge in [0.25, 0.3) is 5.91 Å². The first kappa shape index (κ1) is 19.3. The van der Waals surface area contributed by atoms with Crippen LogP contribution in [0.15, 0.2) is 0 Å². The number of alkyl halides is 3. The fourth-order valence-electron chi connectivity index (χ4n) is 1.93. The van der Waals surface area contributed by atoms with Crippen LogP contribution in [-0.2, 0) is 11.3 Å². The van der Waals surface area contributed by atoms with E-state index in [1.165, 1.54) is 11.6 Å². The first-order valence-corrected chi connectivity index (χ1v) is 7.13. The van der Waals surface area contributed by atoms with E-state index in [4.69, 9.17) is 16.7 Å². The molecular weight excluding hydrogens is 339 g/mol. The number of nitrogens with zero attached hydrogens (tertiary/aromatic N) is 2. The molecule has 0 saturated carbocycles. The number of carbonyl (C=O) groups is 2. The van der Waals surface area contributed by atoms with Crippen molar-refractivity contribution in [3.05, 3.63) is 16.4 Å². The molecular formula is C13H17ClF3N3O3. The monoisotopic (exact) mass is 355 g/mol. The Morgan fingerprint density at radius 1 is 1.39 bits per heavy atom. The third kappa shape index (κ3) is 5.12. The van der Waals surface area contributed by atoms with Gasteiger partial charge in [0.2, 0.25) is 0 Å². The summed E-state index contributed by atoms with van der Waals surface area (Å²) in [5.41, 5.74) is -0.0173. The molecule has 10 heteroatoms. The van der Waals surface area contributed by atoms with Gasteiger partial charge in [0.1, 0.15) is 11.2 Å². The van der Waals surface area contributed by atoms with Gasteiger partial charge < -0.3 is 10.4 Å². The molecule has 0 spiro atoms. The molecule has 1 aromatic rings. The van der Waals surface area contributed by atoms with E-state index in [2.05, 4.69) is 5.10 Å². The Kier molecular flexibility index (Phi) is 6.04. The second-order valence-corrected chi connectivity index (χ2v) is 5.85. The van der Waals surface area contributed by atoms with Gasteiger partial charge in [-0.1, -0.05) is 25.4 Å². The molecule has 130 valence electrons. The number of hydrogen-bond acceptors (Lipinski definition) is 3. The van der Waals surface area contributed by atoms with E-state index < -0.39 is 30.5 Å². The molecule has 1 rings (SSSR count). The minimum Gasteiger partial charge on any atom is -0.481 e. The number of aromatic nitrogens is 2. The smallest absolute Gasteiger partial charge is 0.409 e. The van der Waals surface area contributed by atoms with Crippen molar-refractivity contribution in [3.8, 4) is 0 Å². The summed E-state index contributed by atoms with van der Waals surface area (Å²) in [7, 11) is 0. The average molecular weight is 356 g/mol. The minimum absolute atomic E-state index is 0.0788. The van der Waals surface area contributed by atoms with Gasteiger partial charge in [-0.15, -0.1) is 0 Å². The molecule has 1 atom stereocenters. The fourth-order valence-corrected chi connectivity index (χ4v) is 2.26. The molecule has 0 aliphatic carbocycles. The van der Waals surface area contributed by atoms with E-state index in [1.807, 2.05) is 13.8 Å². The van der Waals surface area contributed by atoms with Gasteiger partial charge in [-0.2, -0.15) is 18.3 Å². The van der Waals surface area contributed by atoms with Crippen molar-refractivity contribution >= 4 is 23.5 Å². The summed E-state index contributed by atoms with van der Waals surface area (Å²) in [6, 6.07) is -2.50. The van der Waals surface area contributed by atoms with Crippen LogP contribution in [0, 0.1) is 12.8 Å². The molecule has 23 heavy (non-hydrogen) atoms. The van der Waals surface area contributed by atoms with Gasteiger partial charge in [-0.25, -0.2) is 0 Å². The average Bonchev–Trinajstić information content (AvgIpc) is 2.61. The van der Waals surface area contributed by atoms with Gasteiger partial charge in [0, 0.05) is 6.54 Å². The summed E-state index contributed by atoms with van der Waals surface area (Å²) in [5.74, 6) is -2.62. The maximum atomic E-state index is 12.8. The predicted octanol–water partition coefficient (Wildman–Crippen LogP) is 2.64. The number of halogens is 4. The first-order chi connectivity index (χ1) is 10.4. The lowest BCUT2D eigenvalue weighted by molar-refractivity contribution is -0.165.